The maximum atomic E-state index is 11.5. The standard InChI is InChI=1S/C14H18N4O4/c15-13-10(6-17-18-13)12(20)11(19)7-16-14(21)22-8-9-4-2-1-3-5-9/h1-6,11-12,19-20H,7-8H2,(H,16,21)(H3,15,17,18). The Morgan fingerprint density at radius 3 is 2.73 bits per heavy atom. The summed E-state index contributed by atoms with van der Waals surface area (Å²) < 4.78 is 4.99. The molecule has 0 aliphatic rings. The van der Waals surface area contributed by atoms with Crippen molar-refractivity contribution < 1.29 is 19.7 Å². The van der Waals surface area contributed by atoms with Crippen LogP contribution >= 0.6 is 0 Å². The summed E-state index contributed by atoms with van der Waals surface area (Å²) in [6, 6.07) is 9.20. The molecule has 2 unspecified atom stereocenters. The van der Waals surface area contributed by atoms with Gasteiger partial charge in [-0.05, 0) is 5.56 Å². The maximum absolute atomic E-state index is 11.5. The molecule has 2 atom stereocenters. The van der Waals surface area contributed by atoms with Gasteiger partial charge in [-0.2, -0.15) is 5.10 Å². The number of hydrogen-bond acceptors (Lipinski definition) is 6. The molecule has 8 heteroatoms. The molecule has 1 amide bonds. The first-order chi connectivity index (χ1) is 10.6. The number of carbonyl (C=O) groups is 1. The number of nitrogens with two attached hydrogens (primary N) is 1. The molecular weight excluding hydrogens is 288 g/mol. The van der Waals surface area contributed by atoms with Crippen LogP contribution in [0.15, 0.2) is 36.5 Å². The van der Waals surface area contributed by atoms with E-state index in [-0.39, 0.29) is 24.5 Å². The Bertz CT molecular complexity index is 602. The first-order valence-electron chi connectivity index (χ1n) is 6.67. The van der Waals surface area contributed by atoms with E-state index in [2.05, 4.69) is 15.5 Å². The third kappa shape index (κ3) is 4.21. The minimum absolute atomic E-state index is 0.125. The average Bonchev–Trinajstić information content (AvgIpc) is 2.96. The summed E-state index contributed by atoms with van der Waals surface area (Å²) in [5.41, 5.74) is 6.67. The van der Waals surface area contributed by atoms with Gasteiger partial charge in [0.05, 0.1) is 6.20 Å². The Labute approximate surface area is 126 Å². The Hall–Kier alpha value is -2.58. The highest BCUT2D eigenvalue weighted by molar-refractivity contribution is 5.67. The second-order valence-electron chi connectivity index (χ2n) is 4.69. The monoisotopic (exact) mass is 306 g/mol. The van der Waals surface area contributed by atoms with Crippen LogP contribution in [-0.2, 0) is 11.3 Å². The van der Waals surface area contributed by atoms with E-state index in [9.17, 15) is 15.0 Å². The number of benzene rings is 1. The highest BCUT2D eigenvalue weighted by Crippen LogP contribution is 2.20. The number of nitrogens with zero attached hydrogens (tertiary/aromatic N) is 1. The number of amides is 1. The fourth-order valence-corrected chi connectivity index (χ4v) is 1.82. The van der Waals surface area contributed by atoms with Gasteiger partial charge in [-0.25, -0.2) is 4.79 Å². The van der Waals surface area contributed by atoms with Gasteiger partial charge in [-0.15, -0.1) is 0 Å². The van der Waals surface area contributed by atoms with Crippen molar-refractivity contribution in [2.24, 2.45) is 0 Å². The van der Waals surface area contributed by atoms with Gasteiger partial charge < -0.3 is 26.0 Å². The number of nitrogen functional groups attached to an aromatic ring is 1. The Morgan fingerprint density at radius 1 is 1.36 bits per heavy atom. The molecule has 1 aromatic heterocycles. The molecule has 2 aromatic rings. The van der Waals surface area contributed by atoms with Crippen molar-refractivity contribution in [3.8, 4) is 0 Å². The zero-order valence-corrected chi connectivity index (χ0v) is 11.8. The molecule has 1 heterocycles. The topological polar surface area (TPSA) is 133 Å². The zero-order chi connectivity index (χ0) is 15.9. The molecule has 118 valence electrons. The number of ether oxygens (including phenoxy) is 1. The summed E-state index contributed by atoms with van der Waals surface area (Å²) in [5, 5.41) is 28.2. The fraction of sp³-hybridized carbons (Fsp3) is 0.286. The second-order valence-corrected chi connectivity index (χ2v) is 4.69. The van der Waals surface area contributed by atoms with E-state index in [1.165, 1.54) is 6.20 Å². The molecule has 0 aliphatic heterocycles. The van der Waals surface area contributed by atoms with E-state index < -0.39 is 18.3 Å². The van der Waals surface area contributed by atoms with E-state index in [1.54, 1.807) is 0 Å². The minimum atomic E-state index is -1.26. The van der Waals surface area contributed by atoms with Crippen LogP contribution < -0.4 is 11.1 Å². The Morgan fingerprint density at radius 2 is 2.09 bits per heavy atom. The number of H-pyrrole nitrogens is 1. The number of hydrogen-bond donors (Lipinski definition) is 5. The minimum Gasteiger partial charge on any atom is -0.445 e. The van der Waals surface area contributed by atoms with Crippen LogP contribution in [0.4, 0.5) is 10.6 Å². The van der Waals surface area contributed by atoms with E-state index >= 15 is 0 Å². The van der Waals surface area contributed by atoms with Gasteiger partial charge in [0.1, 0.15) is 24.6 Å². The fourth-order valence-electron chi connectivity index (χ4n) is 1.82. The number of carbonyl (C=O) groups excluding carboxylic acids is 1. The predicted molar refractivity (Wildman–Crippen MR) is 78.6 cm³/mol. The molecule has 0 saturated heterocycles. The lowest BCUT2D eigenvalue weighted by Crippen LogP contribution is -2.35. The maximum Gasteiger partial charge on any atom is 0.407 e. The molecule has 0 bridgehead atoms. The molecule has 0 aliphatic carbocycles. The van der Waals surface area contributed by atoms with Gasteiger partial charge in [0.25, 0.3) is 0 Å². The second kappa shape index (κ2) is 7.43. The molecule has 2 rings (SSSR count). The Kier molecular flexibility index (Phi) is 5.34. The van der Waals surface area contributed by atoms with E-state index in [0.717, 1.165) is 5.56 Å². The van der Waals surface area contributed by atoms with Crippen LogP contribution in [0.3, 0.4) is 0 Å². The number of aromatic nitrogens is 2. The molecule has 0 radical (unpaired) electrons. The number of anilines is 1. The van der Waals surface area contributed by atoms with Crippen molar-refractivity contribution in [3.63, 3.8) is 0 Å². The quantitative estimate of drug-likeness (QED) is 0.521. The van der Waals surface area contributed by atoms with Crippen molar-refractivity contribution >= 4 is 11.9 Å². The van der Waals surface area contributed by atoms with Gasteiger partial charge in [-0.3, -0.25) is 5.10 Å². The van der Waals surface area contributed by atoms with Gasteiger partial charge in [-0.1, -0.05) is 30.3 Å². The normalized spacial score (nSPS) is 13.4. The SMILES string of the molecule is Nc1[nH]ncc1C(O)C(O)CNC(=O)OCc1ccccc1. The van der Waals surface area contributed by atoms with Gasteiger partial charge in [0.15, 0.2) is 0 Å². The number of aliphatic hydroxyl groups is 2. The molecule has 0 spiro atoms. The number of aliphatic hydroxyl groups excluding tert-OH is 2. The molecule has 8 nitrogen and oxygen atoms in total. The zero-order valence-electron chi connectivity index (χ0n) is 11.8. The predicted octanol–water partition coefficient (Wildman–Crippen LogP) is 0.313. The van der Waals surface area contributed by atoms with Gasteiger partial charge in [0.2, 0.25) is 0 Å². The highest BCUT2D eigenvalue weighted by Gasteiger charge is 2.22. The first kappa shape index (κ1) is 15.8. The molecular formula is C14H18N4O4. The van der Waals surface area contributed by atoms with Gasteiger partial charge >= 0.3 is 6.09 Å². The summed E-state index contributed by atoms with van der Waals surface area (Å²) in [7, 11) is 0. The van der Waals surface area contributed by atoms with Crippen LogP contribution in [0.5, 0.6) is 0 Å². The van der Waals surface area contributed by atoms with Crippen LogP contribution in [0.25, 0.3) is 0 Å². The number of alkyl carbamates (subject to hydrolysis) is 1. The number of rotatable bonds is 6. The molecule has 22 heavy (non-hydrogen) atoms. The van der Waals surface area contributed by atoms with E-state index in [4.69, 9.17) is 10.5 Å². The Balaban J connectivity index is 1.75. The number of nitrogens with one attached hydrogen (secondary N) is 2. The summed E-state index contributed by atoms with van der Waals surface area (Å²) in [6.07, 6.45) is -1.86. The van der Waals surface area contributed by atoms with Crippen LogP contribution in [-0.4, -0.2) is 39.2 Å². The van der Waals surface area contributed by atoms with E-state index in [1.807, 2.05) is 30.3 Å². The van der Waals surface area contributed by atoms with E-state index in [0.29, 0.717) is 0 Å². The molecule has 0 fully saturated rings. The van der Waals surface area contributed by atoms with Crippen molar-refractivity contribution in [2.75, 3.05) is 12.3 Å². The summed E-state index contributed by atoms with van der Waals surface area (Å²) in [4.78, 5) is 11.5. The van der Waals surface area contributed by atoms with Crippen LogP contribution in [0.1, 0.15) is 17.2 Å². The third-order valence-corrected chi connectivity index (χ3v) is 3.05. The lowest BCUT2D eigenvalue weighted by Gasteiger charge is -2.17. The average molecular weight is 306 g/mol. The van der Waals surface area contributed by atoms with Crippen molar-refractivity contribution in [1.29, 1.82) is 0 Å². The van der Waals surface area contributed by atoms with Crippen molar-refractivity contribution in [2.45, 2.75) is 18.8 Å². The van der Waals surface area contributed by atoms with Gasteiger partial charge in [0, 0.05) is 12.1 Å². The summed E-state index contributed by atoms with van der Waals surface area (Å²) >= 11 is 0. The lowest BCUT2D eigenvalue weighted by molar-refractivity contribution is 0.0188. The summed E-state index contributed by atoms with van der Waals surface area (Å²) in [5.74, 6) is 0.165. The molecule has 6 N–H and O–H groups in total. The van der Waals surface area contributed by atoms with Crippen molar-refractivity contribution in [1.82, 2.24) is 15.5 Å². The van der Waals surface area contributed by atoms with Crippen molar-refractivity contribution in [3.05, 3.63) is 47.7 Å². The largest absolute Gasteiger partial charge is 0.445 e. The lowest BCUT2D eigenvalue weighted by atomic mass is 10.1. The third-order valence-electron chi connectivity index (χ3n) is 3.05. The molecule has 0 saturated carbocycles. The number of aromatic amines is 1. The first-order valence-corrected chi connectivity index (χ1v) is 6.67. The molecule has 1 aromatic carbocycles. The van der Waals surface area contributed by atoms with Crippen LogP contribution in [0.2, 0.25) is 0 Å². The van der Waals surface area contributed by atoms with Crippen LogP contribution in [0, 0.1) is 0 Å². The smallest absolute Gasteiger partial charge is 0.407 e. The highest BCUT2D eigenvalue weighted by atomic mass is 16.5. The summed E-state index contributed by atoms with van der Waals surface area (Å²) in [6.45, 7) is -0.0561.